The van der Waals surface area contributed by atoms with E-state index >= 15 is 0 Å². The van der Waals surface area contributed by atoms with Gasteiger partial charge in [-0.2, -0.15) is 5.10 Å². The molecule has 2 heterocycles. The molecule has 1 aromatic carbocycles. The number of rotatable bonds is 10. The first kappa shape index (κ1) is 27.6. The summed E-state index contributed by atoms with van der Waals surface area (Å²) in [6, 6.07) is 5.45. The summed E-state index contributed by atoms with van der Waals surface area (Å²) in [6.07, 6.45) is 9.35. The lowest BCUT2D eigenvalue weighted by atomic mass is 9.86. The molecule has 1 amide bonds. The molecule has 2 aromatic heterocycles. The van der Waals surface area contributed by atoms with Crippen molar-refractivity contribution in [3.8, 4) is 10.4 Å². The van der Waals surface area contributed by atoms with Crippen LogP contribution in [0.3, 0.4) is 0 Å². The molecule has 0 unspecified atom stereocenters. The standard InChI is InChI=1S/C27H34FN5O4S2/c1-17(2)37-27(34)32-19-5-3-18(4-6-19)26-29-15-24(38-26)23-10-7-20(13-25(23)39(35,36)22-8-9-22)31-21-14-30-33(16-21)12-11-28/h7,10,13-19,22,31H,3-6,8-9,11-12H2,1-2H3,(H,32,34). The molecule has 210 valence electrons. The highest BCUT2D eigenvalue weighted by molar-refractivity contribution is 7.92. The van der Waals surface area contributed by atoms with Crippen LogP contribution in [0.15, 0.2) is 41.7 Å². The molecule has 2 aliphatic rings. The zero-order valence-electron chi connectivity index (χ0n) is 22.1. The van der Waals surface area contributed by atoms with E-state index in [1.165, 1.54) is 4.68 Å². The number of nitrogens with zero attached hydrogens (tertiary/aromatic N) is 3. The number of ether oxygens (including phenoxy) is 1. The molecule has 2 N–H and O–H groups in total. The number of benzene rings is 1. The third-order valence-electron chi connectivity index (χ3n) is 7.02. The highest BCUT2D eigenvalue weighted by atomic mass is 32.2. The Bertz CT molecular complexity index is 1410. The summed E-state index contributed by atoms with van der Waals surface area (Å²) in [4.78, 5) is 17.8. The van der Waals surface area contributed by atoms with Crippen LogP contribution in [0.5, 0.6) is 0 Å². The number of halogens is 1. The topological polar surface area (TPSA) is 115 Å². The Morgan fingerprint density at radius 2 is 1.92 bits per heavy atom. The zero-order chi connectivity index (χ0) is 27.6. The van der Waals surface area contributed by atoms with Crippen LogP contribution in [0, 0.1) is 0 Å². The van der Waals surface area contributed by atoms with Gasteiger partial charge in [-0.05, 0) is 64.5 Å². The first-order chi connectivity index (χ1) is 18.7. The second-order valence-electron chi connectivity index (χ2n) is 10.5. The van der Waals surface area contributed by atoms with Crippen LogP contribution in [-0.2, 0) is 21.1 Å². The van der Waals surface area contributed by atoms with Crippen molar-refractivity contribution in [2.75, 3.05) is 12.0 Å². The summed E-state index contributed by atoms with van der Waals surface area (Å²) in [5.41, 5.74) is 1.95. The monoisotopic (exact) mass is 575 g/mol. The van der Waals surface area contributed by atoms with E-state index < -0.39 is 16.5 Å². The van der Waals surface area contributed by atoms with Crippen LogP contribution in [0.2, 0.25) is 0 Å². The molecular weight excluding hydrogens is 541 g/mol. The molecule has 2 fully saturated rings. The molecular formula is C27H34FN5O4S2. The lowest BCUT2D eigenvalue weighted by Gasteiger charge is -2.28. The third kappa shape index (κ3) is 6.60. The molecule has 3 aromatic rings. The molecule has 0 saturated heterocycles. The molecule has 2 saturated carbocycles. The smallest absolute Gasteiger partial charge is 0.407 e. The van der Waals surface area contributed by atoms with Crippen LogP contribution in [0.25, 0.3) is 10.4 Å². The minimum absolute atomic E-state index is 0.0892. The average molecular weight is 576 g/mol. The van der Waals surface area contributed by atoms with E-state index in [9.17, 15) is 17.6 Å². The van der Waals surface area contributed by atoms with Crippen molar-refractivity contribution in [3.05, 3.63) is 41.8 Å². The molecule has 0 aliphatic heterocycles. The van der Waals surface area contributed by atoms with Crippen molar-refractivity contribution in [2.45, 2.75) is 87.1 Å². The Labute approximate surface area is 232 Å². The Balaban J connectivity index is 1.32. The van der Waals surface area contributed by atoms with Gasteiger partial charge in [0.1, 0.15) is 6.67 Å². The van der Waals surface area contributed by atoms with E-state index in [1.54, 1.807) is 36.0 Å². The quantitative estimate of drug-likeness (QED) is 0.313. The maximum atomic E-state index is 13.4. The van der Waals surface area contributed by atoms with Gasteiger partial charge in [0, 0.05) is 35.6 Å². The van der Waals surface area contributed by atoms with Crippen molar-refractivity contribution in [1.82, 2.24) is 20.1 Å². The van der Waals surface area contributed by atoms with Gasteiger partial charge in [-0.15, -0.1) is 11.3 Å². The second kappa shape index (κ2) is 11.6. The van der Waals surface area contributed by atoms with Crippen molar-refractivity contribution < 1.29 is 22.3 Å². The fraction of sp³-hybridized carbons (Fsp3) is 0.519. The average Bonchev–Trinajstić information content (AvgIpc) is 3.50. The summed E-state index contributed by atoms with van der Waals surface area (Å²) in [7, 11) is -3.49. The zero-order valence-corrected chi connectivity index (χ0v) is 23.7. The lowest BCUT2D eigenvalue weighted by molar-refractivity contribution is 0.109. The summed E-state index contributed by atoms with van der Waals surface area (Å²) >= 11 is 1.54. The number of amides is 1. The minimum Gasteiger partial charge on any atom is -0.447 e. The van der Waals surface area contributed by atoms with Gasteiger partial charge in [-0.1, -0.05) is 6.07 Å². The normalized spacial score (nSPS) is 19.7. The predicted octanol–water partition coefficient (Wildman–Crippen LogP) is 5.82. The van der Waals surface area contributed by atoms with E-state index in [0.29, 0.717) is 34.7 Å². The number of nitrogens with one attached hydrogen (secondary N) is 2. The van der Waals surface area contributed by atoms with Gasteiger partial charge in [0.05, 0.1) is 44.6 Å². The third-order valence-corrected chi connectivity index (χ3v) is 10.5. The number of thiazole rings is 1. The highest BCUT2D eigenvalue weighted by Crippen LogP contribution is 2.43. The lowest BCUT2D eigenvalue weighted by Crippen LogP contribution is -2.38. The molecule has 12 heteroatoms. The Hall–Kier alpha value is -2.99. The molecule has 9 nitrogen and oxygen atoms in total. The first-order valence-corrected chi connectivity index (χ1v) is 15.8. The molecule has 0 bridgehead atoms. The van der Waals surface area contributed by atoms with Gasteiger partial charge in [0.15, 0.2) is 9.84 Å². The second-order valence-corrected chi connectivity index (χ2v) is 13.7. The van der Waals surface area contributed by atoms with Gasteiger partial charge in [-0.3, -0.25) is 4.68 Å². The molecule has 0 radical (unpaired) electrons. The maximum absolute atomic E-state index is 13.4. The summed E-state index contributed by atoms with van der Waals surface area (Å²) in [6.45, 7) is 3.31. The Kier molecular flexibility index (Phi) is 8.22. The molecule has 2 aliphatic carbocycles. The van der Waals surface area contributed by atoms with E-state index in [-0.39, 0.29) is 36.0 Å². The van der Waals surface area contributed by atoms with Gasteiger partial charge in [-0.25, -0.2) is 22.6 Å². The molecule has 5 rings (SSSR count). The fourth-order valence-electron chi connectivity index (χ4n) is 4.90. The van der Waals surface area contributed by atoms with E-state index in [2.05, 4.69) is 15.7 Å². The number of sulfone groups is 1. The van der Waals surface area contributed by atoms with Crippen LogP contribution in [0.4, 0.5) is 20.6 Å². The fourth-order valence-corrected chi connectivity index (χ4v) is 7.98. The van der Waals surface area contributed by atoms with E-state index in [1.807, 2.05) is 26.0 Å². The summed E-state index contributed by atoms with van der Waals surface area (Å²) < 4.78 is 46.2. The van der Waals surface area contributed by atoms with Crippen LogP contribution < -0.4 is 10.6 Å². The molecule has 0 spiro atoms. The van der Waals surface area contributed by atoms with Gasteiger partial charge in [0.25, 0.3) is 0 Å². The first-order valence-electron chi connectivity index (χ1n) is 13.4. The van der Waals surface area contributed by atoms with Crippen molar-refractivity contribution in [3.63, 3.8) is 0 Å². The van der Waals surface area contributed by atoms with Crippen LogP contribution in [0.1, 0.15) is 63.3 Å². The van der Waals surface area contributed by atoms with Crippen LogP contribution >= 0.6 is 11.3 Å². The number of hydrogen-bond acceptors (Lipinski definition) is 8. The summed E-state index contributed by atoms with van der Waals surface area (Å²) in [5.74, 6) is 0.271. The number of alkyl carbamates (subject to hydrolysis) is 1. The SMILES string of the molecule is CC(C)OC(=O)NC1CCC(c2ncc(-c3ccc(Nc4cnn(CCF)c4)cc3S(=O)(=O)C3CC3)s2)CC1. The van der Waals surface area contributed by atoms with E-state index in [4.69, 9.17) is 9.72 Å². The summed E-state index contributed by atoms with van der Waals surface area (Å²) in [5, 5.41) is 10.9. The number of hydrogen-bond donors (Lipinski definition) is 2. The number of alkyl halides is 1. The Morgan fingerprint density at radius 3 is 2.62 bits per heavy atom. The van der Waals surface area contributed by atoms with Gasteiger partial charge in [0.2, 0.25) is 0 Å². The van der Waals surface area contributed by atoms with Crippen molar-refractivity contribution in [2.24, 2.45) is 0 Å². The number of aromatic nitrogens is 3. The van der Waals surface area contributed by atoms with Gasteiger partial charge >= 0.3 is 6.09 Å². The number of carbonyl (C=O) groups excluding carboxylic acids is 1. The highest BCUT2D eigenvalue weighted by Gasteiger charge is 2.39. The predicted molar refractivity (Wildman–Crippen MR) is 149 cm³/mol. The van der Waals surface area contributed by atoms with Gasteiger partial charge < -0.3 is 15.4 Å². The molecule has 39 heavy (non-hydrogen) atoms. The van der Waals surface area contributed by atoms with E-state index in [0.717, 1.165) is 35.6 Å². The van der Waals surface area contributed by atoms with Crippen LogP contribution in [-0.4, -0.2) is 53.3 Å². The minimum atomic E-state index is -3.49. The number of anilines is 2. The number of carbonyl (C=O) groups is 1. The molecule has 0 atom stereocenters. The number of aryl methyl sites for hydroxylation is 1. The largest absolute Gasteiger partial charge is 0.447 e. The Morgan fingerprint density at radius 1 is 1.15 bits per heavy atom. The van der Waals surface area contributed by atoms with Crippen molar-refractivity contribution in [1.29, 1.82) is 0 Å². The van der Waals surface area contributed by atoms with Crippen molar-refractivity contribution >= 4 is 38.6 Å². The maximum Gasteiger partial charge on any atom is 0.407 e.